The van der Waals surface area contributed by atoms with Gasteiger partial charge < -0.3 is 5.32 Å². The third-order valence-corrected chi connectivity index (χ3v) is 4.34. The van der Waals surface area contributed by atoms with Gasteiger partial charge in [0.15, 0.2) is 5.69 Å². The van der Waals surface area contributed by atoms with Gasteiger partial charge in [0, 0.05) is 18.8 Å². The lowest BCUT2D eigenvalue weighted by molar-refractivity contribution is 0.428. The van der Waals surface area contributed by atoms with Crippen LogP contribution in [0.1, 0.15) is 18.5 Å². The van der Waals surface area contributed by atoms with Crippen LogP contribution in [-0.2, 0) is 10.0 Å². The maximum atomic E-state index is 12.2. The molecule has 7 heteroatoms. The summed E-state index contributed by atoms with van der Waals surface area (Å²) < 4.78 is 26.9. The van der Waals surface area contributed by atoms with Crippen molar-refractivity contribution in [2.45, 2.75) is 23.8 Å². The molecule has 0 amide bonds. The van der Waals surface area contributed by atoms with Crippen LogP contribution >= 0.6 is 0 Å². The van der Waals surface area contributed by atoms with Gasteiger partial charge in [-0.05, 0) is 31.5 Å². The second kappa shape index (κ2) is 5.44. The summed E-state index contributed by atoms with van der Waals surface area (Å²) in [4.78, 5) is 3.70. The monoisotopic (exact) mass is 266 g/mol. The third-order valence-electron chi connectivity index (χ3n) is 2.78. The summed E-state index contributed by atoms with van der Waals surface area (Å²) in [5, 5.41) is 12.0. The fourth-order valence-corrected chi connectivity index (χ4v) is 3.30. The zero-order valence-electron chi connectivity index (χ0n) is 9.76. The van der Waals surface area contributed by atoms with Gasteiger partial charge in [-0.25, -0.2) is 18.1 Å². The van der Waals surface area contributed by atoms with Crippen molar-refractivity contribution in [3.8, 4) is 6.07 Å². The lowest BCUT2D eigenvalue weighted by Crippen LogP contribution is -2.45. The molecule has 0 radical (unpaired) electrons. The van der Waals surface area contributed by atoms with E-state index in [1.165, 1.54) is 18.3 Å². The molecule has 96 valence electrons. The number of nitrogens with one attached hydrogen (secondary N) is 2. The predicted octanol–water partition coefficient (Wildman–Crippen LogP) is -0.0164. The minimum absolute atomic E-state index is 0.0573. The number of nitriles is 1. The Hall–Kier alpha value is -1.49. The van der Waals surface area contributed by atoms with E-state index in [2.05, 4.69) is 15.0 Å². The smallest absolute Gasteiger partial charge is 0.243 e. The number of aromatic nitrogens is 1. The zero-order valence-corrected chi connectivity index (χ0v) is 10.6. The maximum absolute atomic E-state index is 12.2. The Bertz CT molecular complexity index is 559. The summed E-state index contributed by atoms with van der Waals surface area (Å²) in [5.74, 6) is 0. The SMILES string of the molecule is N#Cc1ncccc1S(=O)(=O)N[C@H]1CCCNC1. The summed E-state index contributed by atoms with van der Waals surface area (Å²) in [6, 6.07) is 4.57. The van der Waals surface area contributed by atoms with Crippen molar-refractivity contribution in [1.82, 2.24) is 15.0 Å². The van der Waals surface area contributed by atoms with E-state index < -0.39 is 10.0 Å². The Morgan fingerprint density at radius 2 is 2.39 bits per heavy atom. The molecule has 2 N–H and O–H groups in total. The minimum atomic E-state index is -3.68. The molecule has 0 spiro atoms. The van der Waals surface area contributed by atoms with E-state index in [1.807, 2.05) is 0 Å². The maximum Gasteiger partial charge on any atom is 0.243 e. The van der Waals surface area contributed by atoms with Crippen LogP contribution < -0.4 is 10.0 Å². The molecule has 0 unspecified atom stereocenters. The molecule has 1 aromatic heterocycles. The first-order valence-electron chi connectivity index (χ1n) is 5.71. The van der Waals surface area contributed by atoms with Crippen molar-refractivity contribution < 1.29 is 8.42 Å². The van der Waals surface area contributed by atoms with E-state index in [4.69, 9.17) is 5.26 Å². The van der Waals surface area contributed by atoms with Crippen molar-refractivity contribution in [3.63, 3.8) is 0 Å². The van der Waals surface area contributed by atoms with Gasteiger partial charge in [-0.15, -0.1) is 0 Å². The van der Waals surface area contributed by atoms with Crippen LogP contribution in [0.25, 0.3) is 0 Å². The molecule has 1 fully saturated rings. The molecular weight excluding hydrogens is 252 g/mol. The molecular formula is C11H14N4O2S. The molecule has 0 aromatic carbocycles. The lowest BCUT2D eigenvalue weighted by Gasteiger charge is -2.23. The minimum Gasteiger partial charge on any atom is -0.315 e. The first kappa shape index (κ1) is 13.0. The highest BCUT2D eigenvalue weighted by atomic mass is 32.2. The highest BCUT2D eigenvalue weighted by molar-refractivity contribution is 7.89. The summed E-state index contributed by atoms with van der Waals surface area (Å²) in [5.41, 5.74) is -0.0752. The highest BCUT2D eigenvalue weighted by Gasteiger charge is 2.24. The van der Waals surface area contributed by atoms with Crippen LogP contribution in [0.3, 0.4) is 0 Å². The third kappa shape index (κ3) is 2.85. The zero-order chi connectivity index (χ0) is 13.0. The van der Waals surface area contributed by atoms with Gasteiger partial charge in [0.05, 0.1) is 0 Å². The summed E-state index contributed by atoms with van der Waals surface area (Å²) in [7, 11) is -3.68. The Morgan fingerprint density at radius 3 is 3.06 bits per heavy atom. The lowest BCUT2D eigenvalue weighted by atomic mass is 10.1. The van der Waals surface area contributed by atoms with Crippen LogP contribution in [0.15, 0.2) is 23.2 Å². The Balaban J connectivity index is 2.22. The average Bonchev–Trinajstić information content (AvgIpc) is 2.39. The molecule has 1 atom stereocenters. The number of nitrogens with zero attached hydrogens (tertiary/aromatic N) is 2. The molecule has 0 bridgehead atoms. The van der Waals surface area contributed by atoms with Crippen molar-refractivity contribution >= 4 is 10.0 Å². The number of rotatable bonds is 3. The fourth-order valence-electron chi connectivity index (χ4n) is 1.93. The largest absolute Gasteiger partial charge is 0.315 e. The molecule has 1 aliphatic heterocycles. The Kier molecular flexibility index (Phi) is 3.91. The van der Waals surface area contributed by atoms with Crippen LogP contribution in [0.4, 0.5) is 0 Å². The molecule has 2 heterocycles. The molecule has 0 aliphatic carbocycles. The van der Waals surface area contributed by atoms with Gasteiger partial charge in [0.2, 0.25) is 10.0 Å². The van der Waals surface area contributed by atoms with Crippen LogP contribution in [0, 0.1) is 11.3 Å². The van der Waals surface area contributed by atoms with Gasteiger partial charge in [-0.2, -0.15) is 5.26 Å². The molecule has 1 aliphatic rings. The van der Waals surface area contributed by atoms with Crippen molar-refractivity contribution in [1.29, 1.82) is 5.26 Å². The molecule has 6 nitrogen and oxygen atoms in total. The van der Waals surface area contributed by atoms with Gasteiger partial charge >= 0.3 is 0 Å². The molecule has 0 saturated carbocycles. The van der Waals surface area contributed by atoms with Crippen LogP contribution in [-0.4, -0.2) is 32.5 Å². The van der Waals surface area contributed by atoms with Crippen molar-refractivity contribution in [2.24, 2.45) is 0 Å². The second-order valence-electron chi connectivity index (χ2n) is 4.13. The van der Waals surface area contributed by atoms with E-state index in [-0.39, 0.29) is 16.6 Å². The van der Waals surface area contributed by atoms with Gasteiger partial charge in [-0.1, -0.05) is 0 Å². The van der Waals surface area contributed by atoms with Gasteiger partial charge in [-0.3, -0.25) is 0 Å². The predicted molar refractivity (Wildman–Crippen MR) is 65.2 cm³/mol. The van der Waals surface area contributed by atoms with Gasteiger partial charge in [0.1, 0.15) is 11.0 Å². The second-order valence-corrected chi connectivity index (χ2v) is 5.81. The highest BCUT2D eigenvalue weighted by Crippen LogP contribution is 2.13. The van der Waals surface area contributed by atoms with E-state index in [0.29, 0.717) is 6.54 Å². The van der Waals surface area contributed by atoms with Gasteiger partial charge in [0.25, 0.3) is 0 Å². The number of piperidine rings is 1. The quantitative estimate of drug-likeness (QED) is 0.802. The standard InChI is InChI=1S/C11H14N4O2S/c12-7-10-11(4-2-6-14-10)18(16,17)15-9-3-1-5-13-8-9/h2,4,6,9,13,15H,1,3,5,8H2/t9-/m0/s1. The average molecular weight is 266 g/mol. The Labute approximate surface area is 106 Å². The summed E-state index contributed by atoms with van der Waals surface area (Å²) >= 11 is 0. The van der Waals surface area contributed by atoms with E-state index in [0.717, 1.165) is 19.4 Å². The van der Waals surface area contributed by atoms with E-state index in [9.17, 15) is 8.42 Å². The van der Waals surface area contributed by atoms with E-state index >= 15 is 0 Å². The molecule has 18 heavy (non-hydrogen) atoms. The molecule has 1 saturated heterocycles. The van der Waals surface area contributed by atoms with Crippen LogP contribution in [0.2, 0.25) is 0 Å². The summed E-state index contributed by atoms with van der Waals surface area (Å²) in [6.45, 7) is 1.52. The topological polar surface area (TPSA) is 94.9 Å². The first-order chi connectivity index (χ1) is 8.63. The van der Waals surface area contributed by atoms with E-state index in [1.54, 1.807) is 6.07 Å². The first-order valence-corrected chi connectivity index (χ1v) is 7.20. The molecule has 2 rings (SSSR count). The fraction of sp³-hybridized carbons (Fsp3) is 0.455. The van der Waals surface area contributed by atoms with Crippen molar-refractivity contribution in [2.75, 3.05) is 13.1 Å². The number of pyridine rings is 1. The van der Waals surface area contributed by atoms with Crippen LogP contribution in [0.5, 0.6) is 0 Å². The number of hydrogen-bond donors (Lipinski definition) is 2. The molecule has 1 aromatic rings. The Morgan fingerprint density at radius 1 is 1.56 bits per heavy atom. The number of hydrogen-bond acceptors (Lipinski definition) is 5. The summed E-state index contributed by atoms with van der Waals surface area (Å²) in [6.07, 6.45) is 3.14. The number of sulfonamides is 1. The normalized spacial score (nSPS) is 20.3. The van der Waals surface area contributed by atoms with Crippen molar-refractivity contribution in [3.05, 3.63) is 24.0 Å².